The molecular formula is C15H19N3O4S. The van der Waals surface area contributed by atoms with Crippen molar-refractivity contribution in [1.29, 1.82) is 0 Å². The van der Waals surface area contributed by atoms with E-state index in [1.54, 1.807) is 29.3 Å². The molecule has 1 saturated heterocycles. The topological polar surface area (TPSA) is 81.0 Å². The van der Waals surface area contributed by atoms with Gasteiger partial charge in [0.15, 0.2) is 5.69 Å². The molecule has 124 valence electrons. The average Bonchev–Trinajstić information content (AvgIpc) is 2.94. The second kappa shape index (κ2) is 5.93. The number of aromatic nitrogens is 2. The maximum atomic E-state index is 12.8. The van der Waals surface area contributed by atoms with E-state index >= 15 is 0 Å². The third-order valence-corrected chi connectivity index (χ3v) is 4.88. The second-order valence-electron chi connectivity index (χ2n) is 5.62. The fourth-order valence-corrected chi connectivity index (χ4v) is 3.50. The van der Waals surface area contributed by atoms with E-state index in [9.17, 15) is 13.2 Å². The molecule has 2 aromatic rings. The number of sulfone groups is 1. The average molecular weight is 337 g/mol. The second-order valence-corrected chi connectivity index (χ2v) is 7.53. The summed E-state index contributed by atoms with van der Waals surface area (Å²) in [5.74, 6) is -0.259. The minimum absolute atomic E-state index is 0.0101. The van der Waals surface area contributed by atoms with Crippen LogP contribution in [0.3, 0.4) is 0 Å². The smallest absolute Gasteiger partial charge is 0.274 e. The van der Waals surface area contributed by atoms with Gasteiger partial charge >= 0.3 is 0 Å². The van der Waals surface area contributed by atoms with Crippen molar-refractivity contribution in [1.82, 2.24) is 14.3 Å². The molecule has 2 aromatic heterocycles. The van der Waals surface area contributed by atoms with Gasteiger partial charge in [-0.2, -0.15) is 0 Å². The molecule has 1 atom stereocenters. The lowest BCUT2D eigenvalue weighted by molar-refractivity contribution is -0.0227. The van der Waals surface area contributed by atoms with Gasteiger partial charge in [-0.1, -0.05) is 13.0 Å². The standard InChI is InChI=1S/C15H19N3O4S/c1-3-11-10-17(8-9-22-11)14(19)13-12-6-4-5-7-18(12)15(16-13)23(2,20)21/h4-7,11H,3,8-10H2,1-2H3. The zero-order valence-electron chi connectivity index (χ0n) is 13.1. The number of morpholine rings is 1. The quantitative estimate of drug-likeness (QED) is 0.834. The Morgan fingerprint density at radius 2 is 2.22 bits per heavy atom. The molecule has 0 saturated carbocycles. The molecule has 3 rings (SSSR count). The number of nitrogens with zero attached hydrogens (tertiary/aromatic N) is 3. The maximum Gasteiger partial charge on any atom is 0.274 e. The Morgan fingerprint density at radius 3 is 2.91 bits per heavy atom. The van der Waals surface area contributed by atoms with Crippen molar-refractivity contribution in [2.75, 3.05) is 26.0 Å². The first-order valence-corrected chi connectivity index (χ1v) is 9.39. The highest BCUT2D eigenvalue weighted by Gasteiger charge is 2.29. The molecule has 0 bridgehead atoms. The number of hydrogen-bond donors (Lipinski definition) is 0. The van der Waals surface area contributed by atoms with Gasteiger partial charge in [0.05, 0.1) is 18.2 Å². The van der Waals surface area contributed by atoms with Crippen molar-refractivity contribution >= 4 is 21.3 Å². The summed E-state index contributed by atoms with van der Waals surface area (Å²) in [6.45, 7) is 3.46. The predicted octanol–water partition coefficient (Wildman–Crippen LogP) is 0.989. The van der Waals surface area contributed by atoms with Crippen LogP contribution in [0.5, 0.6) is 0 Å². The van der Waals surface area contributed by atoms with Gasteiger partial charge in [0.2, 0.25) is 15.0 Å². The molecule has 1 amide bonds. The number of carbonyl (C=O) groups excluding carboxylic acids is 1. The Hall–Kier alpha value is -1.93. The van der Waals surface area contributed by atoms with E-state index < -0.39 is 9.84 Å². The largest absolute Gasteiger partial charge is 0.375 e. The lowest BCUT2D eigenvalue weighted by atomic mass is 10.2. The molecule has 0 N–H and O–H groups in total. The number of amides is 1. The summed E-state index contributed by atoms with van der Waals surface area (Å²) < 4.78 is 30.9. The van der Waals surface area contributed by atoms with Crippen LogP contribution in [0.15, 0.2) is 29.6 Å². The van der Waals surface area contributed by atoms with Gasteiger partial charge in [0.1, 0.15) is 0 Å². The van der Waals surface area contributed by atoms with Crippen molar-refractivity contribution in [3.05, 3.63) is 30.1 Å². The van der Waals surface area contributed by atoms with E-state index in [4.69, 9.17) is 4.74 Å². The van der Waals surface area contributed by atoms with Crippen LogP contribution in [0, 0.1) is 0 Å². The summed E-state index contributed by atoms with van der Waals surface area (Å²) in [5, 5.41) is -0.114. The zero-order chi connectivity index (χ0) is 16.6. The highest BCUT2D eigenvalue weighted by Crippen LogP contribution is 2.20. The van der Waals surface area contributed by atoms with E-state index in [-0.39, 0.29) is 22.9 Å². The molecule has 0 spiro atoms. The van der Waals surface area contributed by atoms with Crippen LogP contribution >= 0.6 is 0 Å². The van der Waals surface area contributed by atoms with Gasteiger partial charge < -0.3 is 9.64 Å². The summed E-state index contributed by atoms with van der Waals surface area (Å²) in [7, 11) is -3.53. The van der Waals surface area contributed by atoms with Crippen LogP contribution in [0.25, 0.3) is 5.52 Å². The molecule has 3 heterocycles. The molecule has 8 heteroatoms. The first-order valence-electron chi connectivity index (χ1n) is 7.50. The first kappa shape index (κ1) is 15.9. The van der Waals surface area contributed by atoms with Crippen molar-refractivity contribution in [2.24, 2.45) is 0 Å². The molecule has 0 aliphatic carbocycles. The van der Waals surface area contributed by atoms with E-state index in [0.29, 0.717) is 25.2 Å². The molecule has 0 radical (unpaired) electrons. The number of pyridine rings is 1. The fraction of sp³-hybridized carbons (Fsp3) is 0.467. The Kier molecular flexibility index (Phi) is 4.11. The summed E-state index contributed by atoms with van der Waals surface area (Å²) in [4.78, 5) is 18.6. The van der Waals surface area contributed by atoms with Crippen molar-refractivity contribution < 1.29 is 17.9 Å². The minimum atomic E-state index is -3.53. The molecule has 0 aromatic carbocycles. The highest BCUT2D eigenvalue weighted by molar-refractivity contribution is 7.90. The van der Waals surface area contributed by atoms with E-state index in [2.05, 4.69) is 4.98 Å². The summed E-state index contributed by atoms with van der Waals surface area (Å²) in [6, 6.07) is 5.17. The molecule has 1 fully saturated rings. The monoisotopic (exact) mass is 337 g/mol. The van der Waals surface area contributed by atoms with Crippen molar-refractivity contribution in [2.45, 2.75) is 24.6 Å². The SMILES string of the molecule is CCC1CN(C(=O)c2nc(S(C)(=O)=O)n3ccccc23)CCO1. The van der Waals surface area contributed by atoms with Crippen LogP contribution in [0.1, 0.15) is 23.8 Å². The van der Waals surface area contributed by atoms with Gasteiger partial charge in [-0.25, -0.2) is 13.4 Å². The van der Waals surface area contributed by atoms with Gasteiger partial charge in [-0.3, -0.25) is 9.20 Å². The van der Waals surface area contributed by atoms with Crippen LogP contribution in [0.2, 0.25) is 0 Å². The van der Waals surface area contributed by atoms with E-state index in [0.717, 1.165) is 12.7 Å². The van der Waals surface area contributed by atoms with E-state index in [1.165, 1.54) is 4.40 Å². The first-order chi connectivity index (χ1) is 10.9. The highest BCUT2D eigenvalue weighted by atomic mass is 32.2. The normalized spacial score (nSPS) is 19.2. The molecule has 1 aliphatic heterocycles. The Morgan fingerprint density at radius 1 is 1.43 bits per heavy atom. The maximum absolute atomic E-state index is 12.8. The van der Waals surface area contributed by atoms with E-state index in [1.807, 2.05) is 6.92 Å². The Bertz CT molecular complexity index is 844. The number of rotatable bonds is 3. The predicted molar refractivity (Wildman–Crippen MR) is 84.2 cm³/mol. The molecule has 23 heavy (non-hydrogen) atoms. The Balaban J connectivity index is 2.04. The number of carbonyl (C=O) groups is 1. The third kappa shape index (κ3) is 2.96. The number of hydrogen-bond acceptors (Lipinski definition) is 5. The van der Waals surface area contributed by atoms with Crippen molar-refractivity contribution in [3.8, 4) is 0 Å². The van der Waals surface area contributed by atoms with Gasteiger partial charge in [0.25, 0.3) is 5.91 Å². The fourth-order valence-electron chi connectivity index (χ4n) is 2.73. The lowest BCUT2D eigenvalue weighted by Crippen LogP contribution is -2.45. The number of fused-ring (bicyclic) bond motifs is 1. The van der Waals surface area contributed by atoms with Crippen LogP contribution in [-0.2, 0) is 14.6 Å². The van der Waals surface area contributed by atoms with Crippen LogP contribution < -0.4 is 0 Å². The van der Waals surface area contributed by atoms with Gasteiger partial charge in [0, 0.05) is 25.5 Å². The van der Waals surface area contributed by atoms with Crippen LogP contribution in [-0.4, -0.2) is 60.7 Å². The van der Waals surface area contributed by atoms with Crippen molar-refractivity contribution in [3.63, 3.8) is 0 Å². The summed E-state index contributed by atoms with van der Waals surface area (Å²) >= 11 is 0. The number of imidazole rings is 1. The molecule has 1 unspecified atom stereocenters. The number of ether oxygens (including phenoxy) is 1. The minimum Gasteiger partial charge on any atom is -0.375 e. The molecule has 1 aliphatic rings. The summed E-state index contributed by atoms with van der Waals surface area (Å²) in [6.07, 6.45) is 3.52. The third-order valence-electron chi connectivity index (χ3n) is 3.93. The molecular weight excluding hydrogens is 318 g/mol. The van der Waals surface area contributed by atoms with Crippen LogP contribution in [0.4, 0.5) is 0 Å². The summed E-state index contributed by atoms with van der Waals surface area (Å²) in [5.41, 5.74) is 0.667. The Labute approximate surface area is 134 Å². The zero-order valence-corrected chi connectivity index (χ0v) is 13.9. The lowest BCUT2D eigenvalue weighted by Gasteiger charge is -2.32. The molecule has 7 nitrogen and oxygen atoms in total. The van der Waals surface area contributed by atoms with Gasteiger partial charge in [-0.05, 0) is 18.6 Å². The van der Waals surface area contributed by atoms with Gasteiger partial charge in [-0.15, -0.1) is 0 Å².